The number of nitrogens with zero attached hydrogens (tertiary/aromatic N) is 4. The lowest BCUT2D eigenvalue weighted by molar-refractivity contribution is -0.125. The predicted octanol–water partition coefficient (Wildman–Crippen LogP) is 2.63. The van der Waals surface area contributed by atoms with E-state index in [0.29, 0.717) is 12.1 Å². The van der Waals surface area contributed by atoms with Gasteiger partial charge in [-0.3, -0.25) is 9.69 Å². The van der Waals surface area contributed by atoms with E-state index in [4.69, 9.17) is 4.98 Å². The van der Waals surface area contributed by atoms with Gasteiger partial charge in [0.1, 0.15) is 5.82 Å². The molecule has 3 saturated heterocycles. The standard InChI is InChI=1S/C25H43N7O/c1-2-31-19-7-8-21(22(31)11-15-27-24(33)20-9-13-26-14-10-20)29-25-28-16-12-23(30-25)32-17-5-3-4-6-18-32/h12,16,20-22,26H,2-11,13-15,17-19H2,1H3,(H,27,33)(H,28,29,30)/t21-,22+/m0/s1. The summed E-state index contributed by atoms with van der Waals surface area (Å²) in [6.07, 6.45) is 12.2. The van der Waals surface area contributed by atoms with E-state index >= 15 is 0 Å². The molecule has 0 saturated carbocycles. The van der Waals surface area contributed by atoms with Gasteiger partial charge in [-0.2, -0.15) is 4.98 Å². The molecule has 4 rings (SSSR count). The number of hydrogen-bond donors (Lipinski definition) is 3. The number of anilines is 2. The van der Waals surface area contributed by atoms with Crippen LogP contribution in [0, 0.1) is 5.92 Å². The van der Waals surface area contributed by atoms with E-state index in [0.717, 1.165) is 83.3 Å². The topological polar surface area (TPSA) is 85.4 Å². The van der Waals surface area contributed by atoms with E-state index in [2.05, 4.69) is 37.7 Å². The van der Waals surface area contributed by atoms with Crippen LogP contribution in [0.15, 0.2) is 12.3 Å². The average molecular weight is 458 g/mol. The predicted molar refractivity (Wildman–Crippen MR) is 134 cm³/mol. The zero-order valence-corrected chi connectivity index (χ0v) is 20.4. The van der Waals surface area contributed by atoms with E-state index < -0.39 is 0 Å². The molecule has 1 amide bonds. The monoisotopic (exact) mass is 457 g/mol. The van der Waals surface area contributed by atoms with Crippen molar-refractivity contribution in [3.8, 4) is 0 Å². The smallest absolute Gasteiger partial charge is 0.224 e. The number of carbonyl (C=O) groups is 1. The van der Waals surface area contributed by atoms with Crippen molar-refractivity contribution in [3.63, 3.8) is 0 Å². The second-order valence-corrected chi connectivity index (χ2v) is 9.83. The molecule has 0 unspecified atom stereocenters. The molecule has 33 heavy (non-hydrogen) atoms. The highest BCUT2D eigenvalue weighted by Crippen LogP contribution is 2.24. The van der Waals surface area contributed by atoms with Gasteiger partial charge in [-0.15, -0.1) is 0 Å². The summed E-state index contributed by atoms with van der Waals surface area (Å²) < 4.78 is 0. The molecule has 0 spiro atoms. The number of piperidine rings is 2. The van der Waals surface area contributed by atoms with Gasteiger partial charge < -0.3 is 20.9 Å². The molecule has 4 heterocycles. The van der Waals surface area contributed by atoms with Crippen molar-refractivity contribution in [2.45, 2.75) is 76.8 Å². The summed E-state index contributed by atoms with van der Waals surface area (Å²) in [5, 5.41) is 10.2. The number of rotatable bonds is 8. The van der Waals surface area contributed by atoms with E-state index in [9.17, 15) is 4.79 Å². The van der Waals surface area contributed by atoms with Gasteiger partial charge in [0.25, 0.3) is 0 Å². The minimum Gasteiger partial charge on any atom is -0.356 e. The van der Waals surface area contributed by atoms with Crippen LogP contribution in [0.2, 0.25) is 0 Å². The average Bonchev–Trinajstić information content (AvgIpc) is 3.15. The molecule has 8 heteroatoms. The van der Waals surface area contributed by atoms with Crippen molar-refractivity contribution in [1.82, 2.24) is 25.5 Å². The van der Waals surface area contributed by atoms with Gasteiger partial charge >= 0.3 is 0 Å². The Balaban J connectivity index is 1.35. The number of likely N-dealkylation sites (N-methyl/N-ethyl adjacent to an activating group) is 1. The van der Waals surface area contributed by atoms with E-state index in [1.807, 2.05) is 12.3 Å². The normalized spacial score (nSPS) is 25.4. The Morgan fingerprint density at radius 2 is 1.88 bits per heavy atom. The van der Waals surface area contributed by atoms with Crippen molar-refractivity contribution < 1.29 is 4.79 Å². The van der Waals surface area contributed by atoms with Gasteiger partial charge in [-0.05, 0) is 77.2 Å². The molecular weight excluding hydrogens is 414 g/mol. The number of carbonyl (C=O) groups excluding carboxylic acids is 1. The lowest BCUT2D eigenvalue weighted by Crippen LogP contribution is -2.52. The Morgan fingerprint density at radius 3 is 2.64 bits per heavy atom. The van der Waals surface area contributed by atoms with Crippen LogP contribution in [0.4, 0.5) is 11.8 Å². The van der Waals surface area contributed by atoms with Crippen LogP contribution in [0.5, 0.6) is 0 Å². The maximum Gasteiger partial charge on any atom is 0.224 e. The summed E-state index contributed by atoms with van der Waals surface area (Å²) in [5.74, 6) is 2.18. The molecule has 0 bridgehead atoms. The first kappa shape index (κ1) is 24.2. The first-order valence-electron chi connectivity index (χ1n) is 13.3. The van der Waals surface area contributed by atoms with Crippen molar-refractivity contribution in [3.05, 3.63) is 12.3 Å². The SMILES string of the molecule is CCN1CCC[C@H](Nc2nccc(N3CCCCCC3)n2)[C@H]1CCNC(=O)C1CCNCC1. The second-order valence-electron chi connectivity index (χ2n) is 9.83. The summed E-state index contributed by atoms with van der Waals surface area (Å²) in [4.78, 5) is 27.0. The lowest BCUT2D eigenvalue weighted by atomic mass is 9.93. The number of hydrogen-bond acceptors (Lipinski definition) is 7. The number of aromatic nitrogens is 2. The van der Waals surface area contributed by atoms with E-state index in [1.54, 1.807) is 0 Å². The fourth-order valence-electron chi connectivity index (χ4n) is 5.70. The Bertz CT molecular complexity index is 731. The van der Waals surface area contributed by atoms with Gasteiger partial charge in [-0.25, -0.2) is 4.98 Å². The van der Waals surface area contributed by atoms with Crippen LogP contribution in [0.1, 0.15) is 64.7 Å². The molecular formula is C25H43N7O. The summed E-state index contributed by atoms with van der Waals surface area (Å²) in [6, 6.07) is 2.72. The number of amides is 1. The zero-order chi connectivity index (χ0) is 22.9. The summed E-state index contributed by atoms with van der Waals surface area (Å²) in [7, 11) is 0. The summed E-state index contributed by atoms with van der Waals surface area (Å²) in [5.41, 5.74) is 0. The van der Waals surface area contributed by atoms with Gasteiger partial charge in [0.15, 0.2) is 0 Å². The van der Waals surface area contributed by atoms with Gasteiger partial charge in [0.05, 0.1) is 0 Å². The highest BCUT2D eigenvalue weighted by molar-refractivity contribution is 5.78. The van der Waals surface area contributed by atoms with Crippen LogP contribution in [0.25, 0.3) is 0 Å². The van der Waals surface area contributed by atoms with Crippen LogP contribution >= 0.6 is 0 Å². The second kappa shape index (κ2) is 12.5. The highest BCUT2D eigenvalue weighted by Gasteiger charge is 2.31. The quantitative estimate of drug-likeness (QED) is 0.553. The van der Waals surface area contributed by atoms with Gasteiger partial charge in [0.2, 0.25) is 11.9 Å². The molecule has 8 nitrogen and oxygen atoms in total. The largest absolute Gasteiger partial charge is 0.356 e. The molecule has 184 valence electrons. The Kier molecular flexibility index (Phi) is 9.17. The number of likely N-dealkylation sites (tertiary alicyclic amines) is 1. The van der Waals surface area contributed by atoms with Crippen LogP contribution in [0.3, 0.4) is 0 Å². The third kappa shape index (κ3) is 6.79. The van der Waals surface area contributed by atoms with Crippen molar-refractivity contribution in [2.75, 3.05) is 56.0 Å². The van der Waals surface area contributed by atoms with Crippen molar-refractivity contribution in [2.24, 2.45) is 5.92 Å². The molecule has 3 aliphatic heterocycles. The Morgan fingerprint density at radius 1 is 1.09 bits per heavy atom. The van der Waals surface area contributed by atoms with Crippen LogP contribution < -0.4 is 20.9 Å². The minimum atomic E-state index is 0.170. The Labute approximate surface area is 199 Å². The third-order valence-corrected chi connectivity index (χ3v) is 7.63. The van der Waals surface area contributed by atoms with Crippen molar-refractivity contribution in [1.29, 1.82) is 0 Å². The molecule has 3 fully saturated rings. The Hall–Kier alpha value is -1.93. The van der Waals surface area contributed by atoms with Gasteiger partial charge in [0, 0.05) is 43.8 Å². The molecule has 0 aromatic carbocycles. The molecule has 1 aromatic heterocycles. The molecule has 2 atom stereocenters. The summed E-state index contributed by atoms with van der Waals surface area (Å²) in [6.45, 7) is 9.19. The summed E-state index contributed by atoms with van der Waals surface area (Å²) >= 11 is 0. The van der Waals surface area contributed by atoms with E-state index in [1.165, 1.54) is 32.1 Å². The maximum atomic E-state index is 12.6. The molecule has 0 radical (unpaired) electrons. The lowest BCUT2D eigenvalue weighted by Gasteiger charge is -2.41. The zero-order valence-electron chi connectivity index (χ0n) is 20.4. The molecule has 1 aromatic rings. The van der Waals surface area contributed by atoms with Crippen LogP contribution in [-0.4, -0.2) is 78.7 Å². The van der Waals surface area contributed by atoms with Crippen LogP contribution in [-0.2, 0) is 4.79 Å². The first-order valence-corrected chi connectivity index (χ1v) is 13.3. The van der Waals surface area contributed by atoms with Gasteiger partial charge in [-0.1, -0.05) is 19.8 Å². The molecule has 3 aliphatic rings. The third-order valence-electron chi connectivity index (χ3n) is 7.63. The van der Waals surface area contributed by atoms with Crippen molar-refractivity contribution >= 4 is 17.7 Å². The fraction of sp³-hybridized carbons (Fsp3) is 0.800. The fourth-order valence-corrected chi connectivity index (χ4v) is 5.70. The molecule has 3 N–H and O–H groups in total. The van der Waals surface area contributed by atoms with E-state index in [-0.39, 0.29) is 11.8 Å². The number of nitrogens with one attached hydrogen (secondary N) is 3. The first-order chi connectivity index (χ1) is 16.2. The molecule has 0 aliphatic carbocycles. The minimum absolute atomic E-state index is 0.170. The highest BCUT2D eigenvalue weighted by atomic mass is 16.1. The maximum absolute atomic E-state index is 12.6.